The number of aromatic amines is 1. The first-order valence-electron chi connectivity index (χ1n) is 11.7. The summed E-state index contributed by atoms with van der Waals surface area (Å²) in [5.74, 6) is -1.87. The summed E-state index contributed by atoms with van der Waals surface area (Å²) in [5.41, 5.74) is 2.39. The van der Waals surface area contributed by atoms with Crippen LogP contribution in [0.25, 0.3) is 0 Å². The number of hydrogen-bond acceptors (Lipinski definition) is 4. The van der Waals surface area contributed by atoms with E-state index in [9.17, 15) is 18.4 Å². The monoisotopic (exact) mass is 481 g/mol. The molecule has 4 rings (SSSR count). The van der Waals surface area contributed by atoms with Crippen molar-refractivity contribution in [3.63, 3.8) is 0 Å². The number of aromatic nitrogens is 3. The Labute approximate surface area is 202 Å². The SMILES string of the molecule is CC(C)c1ccc([C@@H](NC(=O)[C@@H]2C[C@@H](F)CN2C(=O)[C@H](C)c2cnn[nH]2)c2ccccc2)cc1F. The number of alkyl halides is 1. The summed E-state index contributed by atoms with van der Waals surface area (Å²) >= 11 is 0. The molecule has 9 heteroatoms. The second kappa shape index (κ2) is 10.3. The highest BCUT2D eigenvalue weighted by Gasteiger charge is 2.42. The third-order valence-corrected chi connectivity index (χ3v) is 6.51. The minimum absolute atomic E-state index is 0.0143. The quantitative estimate of drug-likeness (QED) is 0.533. The number of halogens is 2. The van der Waals surface area contributed by atoms with Crippen LogP contribution in [-0.2, 0) is 9.59 Å². The van der Waals surface area contributed by atoms with Gasteiger partial charge in [-0.3, -0.25) is 14.7 Å². The molecule has 0 unspecified atom stereocenters. The van der Waals surface area contributed by atoms with Crippen LogP contribution in [-0.4, -0.2) is 50.9 Å². The van der Waals surface area contributed by atoms with Gasteiger partial charge in [0.2, 0.25) is 11.8 Å². The minimum Gasteiger partial charge on any atom is -0.343 e. The summed E-state index contributed by atoms with van der Waals surface area (Å²) in [5, 5.41) is 12.9. The molecule has 2 heterocycles. The number of rotatable bonds is 7. The van der Waals surface area contributed by atoms with Gasteiger partial charge in [0.15, 0.2) is 0 Å². The molecule has 0 aliphatic carbocycles. The van der Waals surface area contributed by atoms with Gasteiger partial charge >= 0.3 is 0 Å². The molecule has 35 heavy (non-hydrogen) atoms. The Morgan fingerprint density at radius 2 is 1.86 bits per heavy atom. The van der Waals surface area contributed by atoms with Crippen LogP contribution in [0.1, 0.15) is 67.5 Å². The molecule has 3 aromatic rings. The van der Waals surface area contributed by atoms with E-state index in [0.29, 0.717) is 16.8 Å². The van der Waals surface area contributed by atoms with Crippen LogP contribution < -0.4 is 5.32 Å². The molecule has 184 valence electrons. The number of likely N-dealkylation sites (tertiary alicyclic amines) is 1. The van der Waals surface area contributed by atoms with E-state index in [1.807, 2.05) is 44.2 Å². The van der Waals surface area contributed by atoms with E-state index < -0.39 is 30.1 Å². The Morgan fingerprint density at radius 1 is 1.11 bits per heavy atom. The molecule has 1 fully saturated rings. The maximum atomic E-state index is 14.8. The summed E-state index contributed by atoms with van der Waals surface area (Å²) in [4.78, 5) is 27.8. The molecule has 0 saturated carbocycles. The van der Waals surface area contributed by atoms with Crippen molar-refractivity contribution in [1.82, 2.24) is 25.6 Å². The summed E-state index contributed by atoms with van der Waals surface area (Å²) in [7, 11) is 0. The normalized spacial score (nSPS) is 19.5. The van der Waals surface area contributed by atoms with Gasteiger partial charge in [-0.1, -0.05) is 61.5 Å². The lowest BCUT2D eigenvalue weighted by atomic mass is 9.94. The van der Waals surface area contributed by atoms with Gasteiger partial charge in [0.05, 0.1) is 30.4 Å². The summed E-state index contributed by atoms with van der Waals surface area (Å²) < 4.78 is 29.3. The average molecular weight is 482 g/mol. The van der Waals surface area contributed by atoms with Crippen molar-refractivity contribution in [3.05, 3.63) is 82.9 Å². The molecule has 1 aliphatic heterocycles. The van der Waals surface area contributed by atoms with Gasteiger partial charge in [0.1, 0.15) is 18.0 Å². The van der Waals surface area contributed by atoms with E-state index in [1.165, 1.54) is 17.2 Å². The number of carbonyl (C=O) groups excluding carboxylic acids is 2. The lowest BCUT2D eigenvalue weighted by molar-refractivity contribution is -0.139. The fourth-order valence-electron chi connectivity index (χ4n) is 4.51. The maximum Gasteiger partial charge on any atom is 0.243 e. The number of amides is 2. The minimum atomic E-state index is -1.32. The topological polar surface area (TPSA) is 91.0 Å². The highest BCUT2D eigenvalue weighted by atomic mass is 19.1. The zero-order chi connectivity index (χ0) is 25.1. The lowest BCUT2D eigenvalue weighted by Gasteiger charge is -2.28. The molecule has 0 spiro atoms. The van der Waals surface area contributed by atoms with Crippen molar-refractivity contribution < 1.29 is 18.4 Å². The van der Waals surface area contributed by atoms with E-state index in [1.54, 1.807) is 19.1 Å². The number of hydrogen-bond donors (Lipinski definition) is 2. The van der Waals surface area contributed by atoms with Crippen molar-refractivity contribution in [2.24, 2.45) is 0 Å². The Morgan fingerprint density at radius 3 is 2.49 bits per heavy atom. The molecular weight excluding hydrogens is 452 g/mol. The van der Waals surface area contributed by atoms with E-state index in [0.717, 1.165) is 5.56 Å². The molecule has 1 saturated heterocycles. The number of nitrogens with zero attached hydrogens (tertiary/aromatic N) is 3. The largest absolute Gasteiger partial charge is 0.343 e. The fourth-order valence-corrected chi connectivity index (χ4v) is 4.51. The molecule has 4 atom stereocenters. The first-order chi connectivity index (χ1) is 16.8. The van der Waals surface area contributed by atoms with E-state index in [4.69, 9.17) is 0 Å². The van der Waals surface area contributed by atoms with Crippen LogP contribution in [0.3, 0.4) is 0 Å². The standard InChI is InChI=1S/C26H29F2N5O2/c1-15(2)20-10-9-18(11-21(20)28)24(17-7-5-4-6-8-17)30-25(34)23-12-19(27)14-33(23)26(35)16(3)22-13-29-32-31-22/h4-11,13,15-16,19,23-24H,12,14H2,1-3H3,(H,30,34)(H,29,31,32)/t16-,19-,23+,24+/m1/s1. The van der Waals surface area contributed by atoms with Gasteiger partial charge < -0.3 is 10.2 Å². The van der Waals surface area contributed by atoms with Gasteiger partial charge in [-0.05, 0) is 35.6 Å². The number of benzene rings is 2. The Bertz CT molecular complexity index is 1170. The predicted molar refractivity (Wildman–Crippen MR) is 127 cm³/mol. The van der Waals surface area contributed by atoms with E-state index in [2.05, 4.69) is 20.7 Å². The number of carbonyl (C=O) groups is 2. The zero-order valence-corrected chi connectivity index (χ0v) is 19.9. The predicted octanol–water partition coefficient (Wildman–Crippen LogP) is 4.02. The zero-order valence-electron chi connectivity index (χ0n) is 19.9. The molecule has 1 aliphatic rings. The Balaban J connectivity index is 1.61. The van der Waals surface area contributed by atoms with Crippen LogP contribution in [0.2, 0.25) is 0 Å². The molecule has 0 radical (unpaired) electrons. The summed E-state index contributed by atoms with van der Waals surface area (Å²) in [6.07, 6.45) is 0.00881. The van der Waals surface area contributed by atoms with Crippen LogP contribution >= 0.6 is 0 Å². The Hall–Kier alpha value is -3.62. The van der Waals surface area contributed by atoms with E-state index in [-0.39, 0.29) is 30.6 Å². The first kappa shape index (κ1) is 24.5. The second-order valence-corrected chi connectivity index (χ2v) is 9.26. The van der Waals surface area contributed by atoms with Crippen molar-refractivity contribution in [2.45, 2.75) is 57.3 Å². The van der Waals surface area contributed by atoms with Gasteiger partial charge in [0, 0.05) is 6.42 Å². The molecular formula is C26H29F2N5O2. The summed E-state index contributed by atoms with van der Waals surface area (Å²) in [6, 6.07) is 12.5. The fraction of sp³-hybridized carbons (Fsp3) is 0.385. The van der Waals surface area contributed by atoms with Crippen molar-refractivity contribution >= 4 is 11.8 Å². The number of H-pyrrole nitrogens is 1. The molecule has 2 aromatic carbocycles. The van der Waals surface area contributed by atoms with Crippen LogP contribution in [0.15, 0.2) is 54.7 Å². The summed E-state index contributed by atoms with van der Waals surface area (Å²) in [6.45, 7) is 5.31. The molecule has 2 N–H and O–H groups in total. The highest BCUT2D eigenvalue weighted by molar-refractivity contribution is 5.91. The smallest absolute Gasteiger partial charge is 0.243 e. The molecule has 2 amide bonds. The van der Waals surface area contributed by atoms with Gasteiger partial charge in [0.25, 0.3) is 0 Å². The lowest BCUT2D eigenvalue weighted by Crippen LogP contribution is -2.48. The van der Waals surface area contributed by atoms with Crippen molar-refractivity contribution in [3.8, 4) is 0 Å². The van der Waals surface area contributed by atoms with Crippen LogP contribution in [0.4, 0.5) is 8.78 Å². The number of nitrogens with one attached hydrogen (secondary N) is 2. The van der Waals surface area contributed by atoms with Crippen molar-refractivity contribution in [1.29, 1.82) is 0 Å². The highest BCUT2D eigenvalue weighted by Crippen LogP contribution is 2.29. The maximum absolute atomic E-state index is 14.8. The van der Waals surface area contributed by atoms with Crippen LogP contribution in [0, 0.1) is 5.82 Å². The average Bonchev–Trinajstić information content (AvgIpc) is 3.52. The van der Waals surface area contributed by atoms with Gasteiger partial charge in [-0.25, -0.2) is 8.78 Å². The Kier molecular flexibility index (Phi) is 7.23. The second-order valence-electron chi connectivity index (χ2n) is 9.26. The van der Waals surface area contributed by atoms with Gasteiger partial charge in [-0.15, -0.1) is 5.10 Å². The molecule has 7 nitrogen and oxygen atoms in total. The van der Waals surface area contributed by atoms with E-state index >= 15 is 0 Å². The van der Waals surface area contributed by atoms with Gasteiger partial charge in [-0.2, -0.15) is 0 Å². The molecule has 1 aromatic heterocycles. The van der Waals surface area contributed by atoms with Crippen molar-refractivity contribution in [2.75, 3.05) is 6.54 Å². The third kappa shape index (κ3) is 5.23. The first-order valence-corrected chi connectivity index (χ1v) is 11.7. The molecule has 0 bridgehead atoms. The third-order valence-electron chi connectivity index (χ3n) is 6.51. The van der Waals surface area contributed by atoms with Crippen LogP contribution in [0.5, 0.6) is 0 Å².